The Morgan fingerprint density at radius 1 is 0.240 bits per heavy atom. The third-order valence-corrected chi connectivity index (χ3v) is 17.5. The van der Waals surface area contributed by atoms with Crippen molar-refractivity contribution in [2.45, 2.75) is 380 Å². The number of hydrogen-bond donors (Lipinski definition) is 1. The van der Waals surface area contributed by atoms with Crippen LogP contribution in [0.5, 0.6) is 0 Å². The number of aliphatic hydroxyl groups is 1. The average Bonchev–Trinajstić information content (AvgIpc) is 3.73. The molecule has 1 atom stereocenters. The lowest BCUT2D eigenvalue weighted by Gasteiger charge is -2.15. The first-order valence-electron chi connectivity index (χ1n) is 40.7. The first kappa shape index (κ1) is 91.3. The van der Waals surface area contributed by atoms with E-state index in [2.05, 4.69) is 184 Å². The minimum atomic E-state index is -0.780. The number of rotatable bonds is 74. The highest BCUT2D eigenvalue weighted by Crippen LogP contribution is 2.18. The second kappa shape index (κ2) is 84.5. The van der Waals surface area contributed by atoms with E-state index < -0.39 is 6.10 Å². The summed E-state index contributed by atoms with van der Waals surface area (Å²) in [6.07, 6.45) is 130. The van der Waals surface area contributed by atoms with Gasteiger partial charge in [0.05, 0.1) is 6.61 Å². The maximum Gasteiger partial charge on any atom is 0.306 e. The molecule has 0 saturated heterocycles. The van der Waals surface area contributed by atoms with Crippen molar-refractivity contribution in [3.63, 3.8) is 0 Å². The van der Waals surface area contributed by atoms with E-state index in [1.807, 2.05) is 0 Å². The number of carbonyl (C=O) groups excluding carboxylic acids is 2. The van der Waals surface area contributed by atoms with Crippen LogP contribution in [-0.2, 0) is 19.1 Å². The van der Waals surface area contributed by atoms with Crippen LogP contribution >= 0.6 is 0 Å². The van der Waals surface area contributed by atoms with Crippen molar-refractivity contribution < 1.29 is 24.2 Å². The van der Waals surface area contributed by atoms with Crippen LogP contribution in [0.15, 0.2) is 170 Å². The van der Waals surface area contributed by atoms with Crippen LogP contribution < -0.4 is 0 Å². The van der Waals surface area contributed by atoms with E-state index in [9.17, 15) is 14.7 Å². The zero-order chi connectivity index (χ0) is 69.0. The van der Waals surface area contributed by atoms with Gasteiger partial charge in [-0.3, -0.25) is 9.59 Å². The lowest BCUT2D eigenvalue weighted by atomic mass is 10.0. The number of hydrogen-bond acceptors (Lipinski definition) is 5. The number of carbonyl (C=O) groups is 2. The fourth-order valence-corrected chi connectivity index (χ4v) is 11.5. The number of aliphatic hydroxyl groups excluding tert-OH is 1. The molecule has 0 heterocycles. The van der Waals surface area contributed by atoms with Crippen LogP contribution in [0.1, 0.15) is 373 Å². The van der Waals surface area contributed by atoms with E-state index in [0.29, 0.717) is 12.8 Å². The highest BCUT2D eigenvalue weighted by molar-refractivity contribution is 5.70. The highest BCUT2D eigenvalue weighted by Gasteiger charge is 2.16. The molecule has 0 fully saturated rings. The molecule has 0 aromatic heterocycles. The zero-order valence-electron chi connectivity index (χ0n) is 62.8. The quantitative estimate of drug-likeness (QED) is 0.0373. The van der Waals surface area contributed by atoms with Gasteiger partial charge in [0.25, 0.3) is 0 Å². The van der Waals surface area contributed by atoms with Crippen LogP contribution in [0.3, 0.4) is 0 Å². The van der Waals surface area contributed by atoms with E-state index in [1.165, 1.54) is 218 Å². The summed E-state index contributed by atoms with van der Waals surface area (Å²) in [5.74, 6) is -0.579. The largest absolute Gasteiger partial charge is 0.462 e. The molecule has 0 radical (unpaired) electrons. The lowest BCUT2D eigenvalue weighted by molar-refractivity contribution is -0.161. The fraction of sp³-hybridized carbons (Fsp3) is 0.670. The monoisotopic (exact) mass is 1330 g/mol. The van der Waals surface area contributed by atoms with Gasteiger partial charge in [-0.1, -0.05) is 402 Å². The van der Waals surface area contributed by atoms with Crippen LogP contribution in [0.2, 0.25) is 0 Å². The number of allylic oxidation sites excluding steroid dienone is 28. The third-order valence-electron chi connectivity index (χ3n) is 17.5. The van der Waals surface area contributed by atoms with Crippen molar-refractivity contribution in [1.82, 2.24) is 0 Å². The van der Waals surface area contributed by atoms with Gasteiger partial charge in [0.1, 0.15) is 6.61 Å². The van der Waals surface area contributed by atoms with E-state index in [-0.39, 0.29) is 25.2 Å². The maximum absolute atomic E-state index is 12.4. The van der Waals surface area contributed by atoms with E-state index in [0.717, 1.165) is 128 Å². The second-order valence-corrected chi connectivity index (χ2v) is 26.7. The van der Waals surface area contributed by atoms with Gasteiger partial charge in [0.15, 0.2) is 6.10 Å². The van der Waals surface area contributed by atoms with Gasteiger partial charge < -0.3 is 14.6 Å². The summed E-state index contributed by atoms with van der Waals surface area (Å²) in [5.41, 5.74) is 0. The Hall–Kier alpha value is -4.74. The van der Waals surface area contributed by atoms with E-state index in [1.54, 1.807) is 0 Å². The number of esters is 2. The molecule has 0 aliphatic carbocycles. The molecule has 0 rings (SSSR count). The summed E-state index contributed by atoms with van der Waals surface area (Å²) in [7, 11) is 0. The minimum absolute atomic E-state index is 0.0675. The van der Waals surface area contributed by atoms with Gasteiger partial charge >= 0.3 is 11.9 Å². The predicted octanol–water partition coefficient (Wildman–Crippen LogP) is 29.1. The van der Waals surface area contributed by atoms with Crippen molar-refractivity contribution in [2.24, 2.45) is 0 Å². The van der Waals surface area contributed by atoms with Crippen molar-refractivity contribution in [1.29, 1.82) is 0 Å². The Morgan fingerprint density at radius 3 is 0.625 bits per heavy atom. The van der Waals surface area contributed by atoms with Gasteiger partial charge in [-0.05, 0) is 128 Å². The van der Waals surface area contributed by atoms with E-state index in [4.69, 9.17) is 9.47 Å². The molecule has 0 amide bonds. The fourth-order valence-electron chi connectivity index (χ4n) is 11.5. The highest BCUT2D eigenvalue weighted by atomic mass is 16.6. The molecular weight excluding hydrogens is 1170 g/mol. The van der Waals surface area contributed by atoms with Gasteiger partial charge in [-0.25, -0.2) is 0 Å². The van der Waals surface area contributed by atoms with Crippen molar-refractivity contribution >= 4 is 11.9 Å². The molecule has 0 aliphatic heterocycles. The molecule has 0 saturated carbocycles. The Balaban J connectivity index is 3.45. The normalized spacial score (nSPS) is 13.2. The SMILES string of the molecule is CC/C=C\C/C=C\C/C=C\C/C=C\C/C=C\C/C=C\C/C=C\CCCCCCCCCCCCCCCCCCCCCC(=O)OCC(CO)OC(=O)CCCCCCCCCCCCCCCCCCCCC/C=C\C/C=C\C/C=C\C/C=C\C/C=C\C/C=C\C/C=C\CC. The molecule has 0 aromatic carbocycles. The van der Waals surface area contributed by atoms with Crippen LogP contribution in [0.4, 0.5) is 0 Å². The lowest BCUT2D eigenvalue weighted by Crippen LogP contribution is -2.28. The minimum Gasteiger partial charge on any atom is -0.462 e. The second-order valence-electron chi connectivity index (χ2n) is 26.7. The topological polar surface area (TPSA) is 72.8 Å². The summed E-state index contributed by atoms with van der Waals surface area (Å²) >= 11 is 0. The average molecular weight is 1330 g/mol. The molecule has 5 nitrogen and oxygen atoms in total. The Morgan fingerprint density at radius 2 is 0.417 bits per heavy atom. The summed E-state index contributed by atoms with van der Waals surface area (Å²) < 4.78 is 10.8. The Kier molecular flexibility index (Phi) is 80.3. The molecular formula is C91H152O5. The molecule has 546 valence electrons. The molecule has 0 bridgehead atoms. The van der Waals surface area contributed by atoms with Gasteiger partial charge in [-0.2, -0.15) is 0 Å². The summed E-state index contributed by atoms with van der Waals surface area (Å²) in [4.78, 5) is 24.7. The number of unbranched alkanes of at least 4 members (excludes halogenated alkanes) is 38. The van der Waals surface area contributed by atoms with Gasteiger partial charge in [0, 0.05) is 12.8 Å². The predicted molar refractivity (Wildman–Crippen MR) is 426 cm³/mol. The first-order valence-corrected chi connectivity index (χ1v) is 40.7. The summed E-state index contributed by atoms with van der Waals surface area (Å²) in [6.45, 7) is 3.94. The molecule has 1 unspecified atom stereocenters. The van der Waals surface area contributed by atoms with Crippen LogP contribution in [0, 0.1) is 0 Å². The standard InChI is InChI=1S/C91H152O5/c1-3-5-7-9-11-13-15-17-19-21-23-25-27-29-31-33-35-37-39-41-43-45-47-49-51-53-55-57-59-61-63-65-67-69-71-73-75-77-79-81-83-85-90(93)95-88-89(87-92)96-91(94)86-84-82-80-78-76-74-72-70-68-66-64-62-60-58-56-54-52-50-48-46-44-42-40-38-36-34-32-30-28-26-24-22-20-18-16-14-12-10-8-6-4-2/h5-8,11-14,17-20,23-26,29-32,35-38,41-44,89,92H,3-4,9-10,15-16,21-22,27-28,33-34,39-40,45-88H2,1-2H3/b7-5-,8-6-,13-11-,14-12-,19-17-,20-18-,25-23-,26-24-,31-29-,32-30-,37-35-,38-36-,43-41-,44-42-. The molecule has 1 N–H and O–H groups in total. The number of ether oxygens (including phenoxy) is 2. The Labute approximate surface area is 595 Å². The molecule has 0 spiro atoms. The van der Waals surface area contributed by atoms with E-state index >= 15 is 0 Å². The van der Waals surface area contributed by atoms with Crippen LogP contribution in [0.25, 0.3) is 0 Å². The first-order chi connectivity index (χ1) is 47.6. The third kappa shape index (κ3) is 81.7. The van der Waals surface area contributed by atoms with Crippen LogP contribution in [-0.4, -0.2) is 36.4 Å². The molecule has 0 aromatic rings. The van der Waals surface area contributed by atoms with Gasteiger partial charge in [0.2, 0.25) is 0 Å². The summed E-state index contributed by atoms with van der Waals surface area (Å²) in [5, 5.41) is 9.74. The summed E-state index contributed by atoms with van der Waals surface area (Å²) in [6, 6.07) is 0. The molecule has 5 heteroatoms. The molecule has 0 aliphatic rings. The Bertz CT molecular complexity index is 2050. The van der Waals surface area contributed by atoms with Gasteiger partial charge in [-0.15, -0.1) is 0 Å². The maximum atomic E-state index is 12.4. The molecule has 96 heavy (non-hydrogen) atoms. The zero-order valence-corrected chi connectivity index (χ0v) is 62.8. The van der Waals surface area contributed by atoms with Crippen molar-refractivity contribution in [3.05, 3.63) is 170 Å². The smallest absolute Gasteiger partial charge is 0.306 e. The van der Waals surface area contributed by atoms with Crippen molar-refractivity contribution in [2.75, 3.05) is 13.2 Å². The van der Waals surface area contributed by atoms with Crippen molar-refractivity contribution in [3.8, 4) is 0 Å².